The number of hydrogen-bond acceptors (Lipinski definition) is 6. The van der Waals surface area contributed by atoms with Gasteiger partial charge in [0.25, 0.3) is 0 Å². The van der Waals surface area contributed by atoms with Gasteiger partial charge in [0.05, 0.1) is 6.54 Å². The van der Waals surface area contributed by atoms with E-state index in [4.69, 9.17) is 4.52 Å². The zero-order valence-corrected chi connectivity index (χ0v) is 19.8. The van der Waals surface area contributed by atoms with Crippen LogP contribution in [-0.4, -0.2) is 50.9 Å². The van der Waals surface area contributed by atoms with Crippen molar-refractivity contribution < 1.29 is 9.63 Å². The zero-order chi connectivity index (χ0) is 24.0. The molecule has 1 aliphatic heterocycles. The monoisotopic (exact) mass is 467 g/mol. The largest absolute Gasteiger partial charge is 0.385 e. The molecule has 7 heteroatoms. The summed E-state index contributed by atoms with van der Waals surface area (Å²) in [5.41, 5.74) is 4.98. The molecule has 0 bridgehead atoms. The minimum absolute atomic E-state index is 0.487. The third-order valence-corrected chi connectivity index (χ3v) is 6.10. The van der Waals surface area contributed by atoms with Crippen molar-refractivity contribution in [1.82, 2.24) is 24.9 Å². The summed E-state index contributed by atoms with van der Waals surface area (Å²) in [7, 11) is 0. The second-order valence-electron chi connectivity index (χ2n) is 8.82. The van der Waals surface area contributed by atoms with Crippen LogP contribution in [0.15, 0.2) is 71.5 Å². The first-order valence-electron chi connectivity index (χ1n) is 11.9. The van der Waals surface area contributed by atoms with Gasteiger partial charge in [-0.2, -0.15) is 0 Å². The van der Waals surface area contributed by atoms with E-state index in [2.05, 4.69) is 56.5 Å². The van der Waals surface area contributed by atoms with Crippen molar-refractivity contribution in [3.8, 4) is 23.2 Å². The molecule has 35 heavy (non-hydrogen) atoms. The Bertz CT molecular complexity index is 1300. The minimum atomic E-state index is -0.639. The van der Waals surface area contributed by atoms with Gasteiger partial charge in [-0.05, 0) is 48.9 Å². The normalized spacial score (nSPS) is 14.9. The average Bonchev–Trinajstić information content (AvgIpc) is 3.55. The molecular formula is C28H29N5O2. The Morgan fingerprint density at radius 1 is 1.00 bits per heavy atom. The number of nitrogens with zero attached hydrogens (tertiary/aromatic N) is 4. The Labute approximate surface area is 205 Å². The molecule has 178 valence electrons. The number of aliphatic hydroxyl groups is 1. The molecule has 0 spiro atoms. The van der Waals surface area contributed by atoms with Crippen LogP contribution in [0.3, 0.4) is 0 Å². The fourth-order valence-electron chi connectivity index (χ4n) is 4.20. The standard InChI is InChI=1S/C28H29N5O2/c1-21(34)28-30-14-17-33(28)20-26-18-27(35-31-26)25-10-8-23(9-11-25)3-2-22-4-6-24(7-5-22)19-32-15-12-29-13-16-32/h4-11,14,17-18,21,29,34H,12-13,15-16,19-20H2,1H3. The van der Waals surface area contributed by atoms with Crippen molar-refractivity contribution in [1.29, 1.82) is 0 Å². The van der Waals surface area contributed by atoms with Gasteiger partial charge in [-0.15, -0.1) is 0 Å². The first-order valence-corrected chi connectivity index (χ1v) is 11.9. The van der Waals surface area contributed by atoms with Crippen molar-refractivity contribution in [3.63, 3.8) is 0 Å². The lowest BCUT2D eigenvalue weighted by Gasteiger charge is -2.27. The number of imidazole rings is 1. The van der Waals surface area contributed by atoms with Crippen LogP contribution < -0.4 is 5.32 Å². The molecule has 0 radical (unpaired) electrons. The average molecular weight is 468 g/mol. The molecule has 0 saturated carbocycles. The topological polar surface area (TPSA) is 79.4 Å². The third kappa shape index (κ3) is 5.87. The quantitative estimate of drug-likeness (QED) is 0.423. The van der Waals surface area contributed by atoms with Gasteiger partial charge in [0, 0.05) is 67.9 Å². The summed E-state index contributed by atoms with van der Waals surface area (Å²) in [6.07, 6.45) is 2.86. The molecule has 2 aromatic carbocycles. The smallest absolute Gasteiger partial charge is 0.167 e. The molecular weight excluding hydrogens is 438 g/mol. The fraction of sp³-hybridized carbons (Fsp3) is 0.286. The molecule has 3 heterocycles. The first-order chi connectivity index (χ1) is 17.1. The van der Waals surface area contributed by atoms with E-state index in [-0.39, 0.29) is 0 Å². The van der Waals surface area contributed by atoms with Gasteiger partial charge < -0.3 is 19.5 Å². The second kappa shape index (κ2) is 10.7. The highest BCUT2D eigenvalue weighted by atomic mass is 16.5. The van der Waals surface area contributed by atoms with E-state index in [1.807, 2.05) is 41.1 Å². The van der Waals surface area contributed by atoms with E-state index in [1.54, 1.807) is 13.1 Å². The molecule has 2 aromatic heterocycles. The van der Waals surface area contributed by atoms with Crippen molar-refractivity contribution in [3.05, 3.63) is 95.2 Å². The highest BCUT2D eigenvalue weighted by molar-refractivity contribution is 5.59. The molecule has 4 aromatic rings. The Balaban J connectivity index is 1.20. The van der Waals surface area contributed by atoms with Gasteiger partial charge in [0.2, 0.25) is 0 Å². The van der Waals surface area contributed by atoms with Crippen molar-refractivity contribution in [2.45, 2.75) is 26.1 Å². The predicted octanol–water partition coefficient (Wildman–Crippen LogP) is 3.44. The number of hydrogen-bond donors (Lipinski definition) is 2. The van der Waals surface area contributed by atoms with Crippen LogP contribution in [0.5, 0.6) is 0 Å². The SMILES string of the molecule is CC(O)c1nccn1Cc1cc(-c2ccc(C#Cc3ccc(CN4CCNCC4)cc3)cc2)on1. The number of piperazine rings is 1. The number of rotatable bonds is 6. The van der Waals surface area contributed by atoms with Crippen molar-refractivity contribution in [2.24, 2.45) is 0 Å². The highest BCUT2D eigenvalue weighted by Crippen LogP contribution is 2.22. The van der Waals surface area contributed by atoms with Crippen LogP contribution in [0, 0.1) is 11.8 Å². The van der Waals surface area contributed by atoms with E-state index in [9.17, 15) is 5.11 Å². The number of aromatic nitrogens is 3. The van der Waals surface area contributed by atoms with Crippen LogP contribution in [0.1, 0.15) is 41.2 Å². The summed E-state index contributed by atoms with van der Waals surface area (Å²) in [6, 6.07) is 18.4. The van der Waals surface area contributed by atoms with Gasteiger partial charge in [-0.1, -0.05) is 29.1 Å². The van der Waals surface area contributed by atoms with Gasteiger partial charge in [-0.25, -0.2) is 4.98 Å². The summed E-state index contributed by atoms with van der Waals surface area (Å²) in [4.78, 5) is 6.66. The summed E-state index contributed by atoms with van der Waals surface area (Å²) in [6.45, 7) is 7.50. The van der Waals surface area contributed by atoms with Crippen LogP contribution >= 0.6 is 0 Å². The number of aliphatic hydroxyl groups excluding tert-OH is 1. The molecule has 1 atom stereocenters. The molecule has 5 rings (SSSR count). The molecule has 1 saturated heterocycles. The molecule has 0 amide bonds. The Kier molecular flexibility index (Phi) is 7.05. The van der Waals surface area contributed by atoms with Gasteiger partial charge in [0.1, 0.15) is 17.6 Å². The number of benzene rings is 2. The maximum Gasteiger partial charge on any atom is 0.167 e. The third-order valence-electron chi connectivity index (χ3n) is 6.10. The predicted molar refractivity (Wildman–Crippen MR) is 134 cm³/mol. The number of nitrogens with one attached hydrogen (secondary N) is 1. The van der Waals surface area contributed by atoms with E-state index in [0.717, 1.165) is 55.1 Å². The second-order valence-corrected chi connectivity index (χ2v) is 8.82. The van der Waals surface area contributed by atoms with Gasteiger partial charge in [-0.3, -0.25) is 4.90 Å². The first kappa shape index (κ1) is 23.1. The van der Waals surface area contributed by atoms with E-state index in [1.165, 1.54) is 5.56 Å². The molecule has 1 unspecified atom stereocenters. The zero-order valence-electron chi connectivity index (χ0n) is 19.8. The molecule has 1 aliphatic rings. The van der Waals surface area contributed by atoms with E-state index >= 15 is 0 Å². The van der Waals surface area contributed by atoms with E-state index < -0.39 is 6.10 Å². The molecule has 1 fully saturated rings. The summed E-state index contributed by atoms with van der Waals surface area (Å²) in [5.74, 6) is 7.80. The van der Waals surface area contributed by atoms with Crippen molar-refractivity contribution >= 4 is 0 Å². The van der Waals surface area contributed by atoms with Crippen molar-refractivity contribution in [2.75, 3.05) is 26.2 Å². The molecule has 2 N–H and O–H groups in total. The minimum Gasteiger partial charge on any atom is -0.385 e. The summed E-state index contributed by atoms with van der Waals surface area (Å²) >= 11 is 0. The van der Waals surface area contributed by atoms with Crippen LogP contribution in [0.4, 0.5) is 0 Å². The van der Waals surface area contributed by atoms with Crippen LogP contribution in [0.25, 0.3) is 11.3 Å². The Hall–Kier alpha value is -3.70. The molecule has 7 nitrogen and oxygen atoms in total. The van der Waals surface area contributed by atoms with Gasteiger partial charge in [0.15, 0.2) is 5.76 Å². The van der Waals surface area contributed by atoms with Crippen LogP contribution in [0.2, 0.25) is 0 Å². The summed E-state index contributed by atoms with van der Waals surface area (Å²) < 4.78 is 7.41. The molecule has 0 aliphatic carbocycles. The lowest BCUT2D eigenvalue weighted by Crippen LogP contribution is -2.42. The van der Waals surface area contributed by atoms with Gasteiger partial charge >= 0.3 is 0 Å². The summed E-state index contributed by atoms with van der Waals surface area (Å²) in [5, 5.41) is 17.4. The fourth-order valence-corrected chi connectivity index (χ4v) is 4.20. The van der Waals surface area contributed by atoms with Crippen LogP contribution in [-0.2, 0) is 13.1 Å². The Morgan fingerprint density at radius 2 is 1.69 bits per heavy atom. The maximum atomic E-state index is 9.83. The maximum absolute atomic E-state index is 9.83. The highest BCUT2D eigenvalue weighted by Gasteiger charge is 2.12. The lowest BCUT2D eigenvalue weighted by molar-refractivity contribution is 0.184. The Morgan fingerprint density at radius 3 is 2.37 bits per heavy atom. The lowest BCUT2D eigenvalue weighted by atomic mass is 10.1. The van der Waals surface area contributed by atoms with E-state index in [0.29, 0.717) is 18.1 Å².